The molecule has 0 spiro atoms. The normalized spacial score (nSPS) is 30.5. The minimum Gasteiger partial charge on any atom is -0.394 e. The van der Waals surface area contributed by atoms with Crippen LogP contribution in [0.2, 0.25) is 0 Å². The van der Waals surface area contributed by atoms with E-state index in [0.717, 1.165) is 6.29 Å². The minimum absolute atomic E-state index is 0.0916. The van der Waals surface area contributed by atoms with E-state index in [9.17, 15) is 15.0 Å². The average Bonchev–Trinajstić information content (AvgIpc) is 2.79. The van der Waals surface area contributed by atoms with Crippen molar-refractivity contribution in [2.24, 2.45) is 17.8 Å². The molecular weight excluding hydrogens is 252 g/mol. The van der Waals surface area contributed by atoms with Crippen molar-refractivity contribution in [2.45, 2.75) is 37.8 Å². The topological polar surface area (TPSA) is 96.2 Å². The quantitative estimate of drug-likeness (QED) is 0.410. The van der Waals surface area contributed by atoms with Gasteiger partial charge in [-0.25, -0.2) is 0 Å². The SMILES string of the molecule is COC(OC)[C@H]1CC[C@H](O)[C@@H]1[C@H](C=O)CC(O)CO. The predicted molar refractivity (Wildman–Crippen MR) is 67.3 cm³/mol. The van der Waals surface area contributed by atoms with Crippen molar-refractivity contribution in [3.63, 3.8) is 0 Å². The molecule has 0 aromatic carbocycles. The van der Waals surface area contributed by atoms with Gasteiger partial charge in [0, 0.05) is 32.0 Å². The fraction of sp³-hybridized carbons (Fsp3) is 0.923. The first-order chi connectivity index (χ1) is 9.08. The molecule has 1 rings (SSSR count). The number of carbonyl (C=O) groups is 1. The van der Waals surface area contributed by atoms with Crippen molar-refractivity contribution in [3.8, 4) is 0 Å². The smallest absolute Gasteiger partial charge is 0.159 e. The summed E-state index contributed by atoms with van der Waals surface area (Å²) in [5, 5.41) is 28.4. The summed E-state index contributed by atoms with van der Waals surface area (Å²) < 4.78 is 10.5. The lowest BCUT2D eigenvalue weighted by molar-refractivity contribution is -0.156. The summed E-state index contributed by atoms with van der Waals surface area (Å²) >= 11 is 0. The number of aliphatic hydroxyl groups is 3. The van der Waals surface area contributed by atoms with E-state index < -0.39 is 31.0 Å². The zero-order valence-electron chi connectivity index (χ0n) is 11.4. The number of rotatable bonds is 8. The molecular formula is C13H24O6. The van der Waals surface area contributed by atoms with Gasteiger partial charge < -0.3 is 29.6 Å². The maximum Gasteiger partial charge on any atom is 0.159 e. The van der Waals surface area contributed by atoms with E-state index in [1.165, 1.54) is 14.2 Å². The molecule has 1 unspecified atom stereocenters. The van der Waals surface area contributed by atoms with Crippen LogP contribution < -0.4 is 0 Å². The molecule has 1 aliphatic rings. The number of methoxy groups -OCH3 is 2. The first kappa shape index (κ1) is 16.5. The Kier molecular flexibility index (Phi) is 6.88. The van der Waals surface area contributed by atoms with Crippen LogP contribution in [0.15, 0.2) is 0 Å². The van der Waals surface area contributed by atoms with E-state index in [1.54, 1.807) is 0 Å². The van der Waals surface area contributed by atoms with Crippen molar-refractivity contribution < 1.29 is 29.6 Å². The molecule has 0 aromatic rings. The Morgan fingerprint density at radius 3 is 2.42 bits per heavy atom. The number of carbonyl (C=O) groups excluding carboxylic acids is 1. The second-order valence-corrected chi connectivity index (χ2v) is 5.10. The number of hydrogen-bond acceptors (Lipinski definition) is 6. The molecule has 112 valence electrons. The van der Waals surface area contributed by atoms with Crippen LogP contribution >= 0.6 is 0 Å². The van der Waals surface area contributed by atoms with E-state index in [1.807, 2.05) is 0 Å². The third-order valence-electron chi connectivity index (χ3n) is 3.97. The average molecular weight is 276 g/mol. The number of aldehydes is 1. The molecule has 5 atom stereocenters. The van der Waals surface area contributed by atoms with E-state index in [4.69, 9.17) is 14.6 Å². The van der Waals surface area contributed by atoms with Crippen LogP contribution in [-0.2, 0) is 14.3 Å². The second-order valence-electron chi connectivity index (χ2n) is 5.10. The molecule has 0 radical (unpaired) electrons. The Hall–Kier alpha value is -0.530. The summed E-state index contributed by atoms with van der Waals surface area (Å²) in [4.78, 5) is 11.2. The zero-order valence-corrected chi connectivity index (χ0v) is 11.4. The maximum absolute atomic E-state index is 11.2. The first-order valence-corrected chi connectivity index (χ1v) is 6.56. The molecule has 1 aliphatic carbocycles. The highest BCUT2D eigenvalue weighted by Gasteiger charge is 2.44. The Bertz CT molecular complexity index is 268. The number of aliphatic hydroxyl groups excluding tert-OH is 3. The molecule has 6 heteroatoms. The largest absolute Gasteiger partial charge is 0.394 e. The minimum atomic E-state index is -0.952. The third kappa shape index (κ3) is 3.97. The molecule has 1 fully saturated rings. The van der Waals surface area contributed by atoms with Crippen LogP contribution in [0.1, 0.15) is 19.3 Å². The van der Waals surface area contributed by atoms with E-state index in [2.05, 4.69) is 0 Å². The molecule has 3 N–H and O–H groups in total. The number of ether oxygens (including phenoxy) is 2. The van der Waals surface area contributed by atoms with Gasteiger partial charge in [0.2, 0.25) is 0 Å². The van der Waals surface area contributed by atoms with E-state index in [0.29, 0.717) is 12.8 Å². The van der Waals surface area contributed by atoms with Crippen LogP contribution in [0.25, 0.3) is 0 Å². The first-order valence-electron chi connectivity index (χ1n) is 6.56. The summed E-state index contributed by atoms with van der Waals surface area (Å²) in [5.41, 5.74) is 0. The molecule has 6 nitrogen and oxygen atoms in total. The lowest BCUT2D eigenvalue weighted by Gasteiger charge is -2.32. The zero-order chi connectivity index (χ0) is 14.4. The molecule has 19 heavy (non-hydrogen) atoms. The molecule has 0 bridgehead atoms. The van der Waals surface area contributed by atoms with Gasteiger partial charge in [0.15, 0.2) is 6.29 Å². The maximum atomic E-state index is 11.2. The van der Waals surface area contributed by atoms with Crippen LogP contribution in [0, 0.1) is 17.8 Å². The highest BCUT2D eigenvalue weighted by Crippen LogP contribution is 2.41. The van der Waals surface area contributed by atoms with Gasteiger partial charge in [0.25, 0.3) is 0 Å². The van der Waals surface area contributed by atoms with E-state index in [-0.39, 0.29) is 18.3 Å². The Morgan fingerprint density at radius 1 is 1.32 bits per heavy atom. The van der Waals surface area contributed by atoms with Crippen molar-refractivity contribution in [3.05, 3.63) is 0 Å². The fourth-order valence-corrected chi connectivity index (χ4v) is 3.09. The van der Waals surface area contributed by atoms with Crippen molar-refractivity contribution in [2.75, 3.05) is 20.8 Å². The summed E-state index contributed by atoms with van der Waals surface area (Å²) in [6.07, 6.45) is 0.128. The number of hydrogen-bond donors (Lipinski definition) is 3. The Morgan fingerprint density at radius 2 is 1.95 bits per heavy atom. The highest BCUT2D eigenvalue weighted by atomic mass is 16.7. The third-order valence-corrected chi connectivity index (χ3v) is 3.97. The molecule has 0 saturated heterocycles. The van der Waals surface area contributed by atoms with Crippen molar-refractivity contribution in [1.82, 2.24) is 0 Å². The van der Waals surface area contributed by atoms with Gasteiger partial charge >= 0.3 is 0 Å². The Labute approximate surface area is 113 Å². The van der Waals surface area contributed by atoms with Crippen molar-refractivity contribution in [1.29, 1.82) is 0 Å². The monoisotopic (exact) mass is 276 g/mol. The standard InChI is InChI=1S/C13H24O6/c1-18-13(19-2)10-3-4-11(17)12(10)8(6-14)5-9(16)7-15/h6,8-13,15-17H,3-5,7H2,1-2H3/t8-,9?,10-,11-,12+/m0/s1. The Balaban J connectivity index is 2.81. The molecule has 0 amide bonds. The van der Waals surface area contributed by atoms with Crippen LogP contribution in [0.4, 0.5) is 0 Å². The summed E-state index contributed by atoms with van der Waals surface area (Å²) in [7, 11) is 3.04. The van der Waals surface area contributed by atoms with Crippen LogP contribution in [0.3, 0.4) is 0 Å². The molecule has 1 saturated carbocycles. The van der Waals surface area contributed by atoms with Gasteiger partial charge in [0.05, 0.1) is 18.8 Å². The summed E-state index contributed by atoms with van der Waals surface area (Å²) in [5.74, 6) is -0.924. The second kappa shape index (κ2) is 7.91. The summed E-state index contributed by atoms with van der Waals surface area (Å²) in [6, 6.07) is 0. The van der Waals surface area contributed by atoms with Gasteiger partial charge in [-0.3, -0.25) is 0 Å². The summed E-state index contributed by atoms with van der Waals surface area (Å²) in [6.45, 7) is -0.393. The van der Waals surface area contributed by atoms with Crippen molar-refractivity contribution >= 4 is 6.29 Å². The van der Waals surface area contributed by atoms with E-state index >= 15 is 0 Å². The molecule has 0 aromatic heterocycles. The lowest BCUT2D eigenvalue weighted by Crippen LogP contribution is -2.38. The lowest BCUT2D eigenvalue weighted by atomic mass is 9.80. The van der Waals surface area contributed by atoms with Gasteiger partial charge in [-0.2, -0.15) is 0 Å². The molecule has 0 heterocycles. The van der Waals surface area contributed by atoms with Gasteiger partial charge in [-0.05, 0) is 19.3 Å². The van der Waals surface area contributed by atoms with Gasteiger partial charge in [0.1, 0.15) is 6.29 Å². The van der Waals surface area contributed by atoms with Crippen LogP contribution in [0.5, 0.6) is 0 Å². The highest BCUT2D eigenvalue weighted by molar-refractivity contribution is 5.54. The predicted octanol–water partition coefficient (Wildman–Crippen LogP) is -0.449. The fourth-order valence-electron chi connectivity index (χ4n) is 3.09. The van der Waals surface area contributed by atoms with Gasteiger partial charge in [-0.1, -0.05) is 0 Å². The van der Waals surface area contributed by atoms with Crippen LogP contribution in [-0.4, -0.2) is 60.9 Å². The molecule has 0 aliphatic heterocycles. The van der Waals surface area contributed by atoms with Gasteiger partial charge in [-0.15, -0.1) is 0 Å².